The molecule has 0 N–H and O–H groups in total. The molecule has 10 heteroatoms. The molecule has 7 nitrogen and oxygen atoms in total. The fourth-order valence-corrected chi connectivity index (χ4v) is 4.38. The van der Waals surface area contributed by atoms with Crippen LogP contribution in [0.1, 0.15) is 32.6 Å². The van der Waals surface area contributed by atoms with Crippen LogP contribution in [0, 0.1) is 12.3 Å². The highest BCUT2D eigenvalue weighted by Gasteiger charge is 2.41. The summed E-state index contributed by atoms with van der Waals surface area (Å²) in [6.07, 6.45) is 0.752. The minimum absolute atomic E-state index is 0.0467. The van der Waals surface area contributed by atoms with E-state index in [1.807, 2.05) is 27.7 Å². The average molecular weight is 484 g/mol. The second-order valence-electron chi connectivity index (χ2n) is 8.11. The molecule has 2 atom stereocenters. The van der Waals surface area contributed by atoms with Crippen molar-refractivity contribution in [2.45, 2.75) is 44.9 Å². The number of ether oxygens (including phenoxy) is 1. The Labute approximate surface area is 192 Å². The lowest BCUT2D eigenvalue weighted by Crippen LogP contribution is -2.42. The molecule has 166 valence electrons. The third-order valence-corrected chi connectivity index (χ3v) is 6.35. The van der Waals surface area contributed by atoms with Crippen molar-refractivity contribution in [2.24, 2.45) is 5.41 Å². The lowest BCUT2D eigenvalue weighted by atomic mass is 9.88. The maximum absolute atomic E-state index is 13.1. The van der Waals surface area contributed by atoms with Gasteiger partial charge in [0.2, 0.25) is 6.23 Å². The van der Waals surface area contributed by atoms with Gasteiger partial charge in [0.15, 0.2) is 0 Å². The Kier molecular flexibility index (Phi) is 6.95. The minimum atomic E-state index is -4.11. The van der Waals surface area contributed by atoms with Gasteiger partial charge in [-0.2, -0.15) is 13.5 Å². The van der Waals surface area contributed by atoms with Gasteiger partial charge in [0, 0.05) is 11.1 Å². The number of benzene rings is 2. The Morgan fingerprint density at radius 3 is 2.32 bits per heavy atom. The number of hydrogen-bond donors (Lipinski definition) is 0. The Morgan fingerprint density at radius 2 is 1.74 bits per heavy atom. The van der Waals surface area contributed by atoms with E-state index in [0.29, 0.717) is 10.0 Å². The van der Waals surface area contributed by atoms with Crippen molar-refractivity contribution in [2.75, 3.05) is 0 Å². The summed E-state index contributed by atoms with van der Waals surface area (Å²) in [6.45, 7) is 7.40. The van der Waals surface area contributed by atoms with Crippen molar-refractivity contribution >= 4 is 33.3 Å². The first kappa shape index (κ1) is 23.5. The summed E-state index contributed by atoms with van der Waals surface area (Å²) in [5.41, 5.74) is 0.255. The zero-order valence-corrected chi connectivity index (χ0v) is 19.8. The fourth-order valence-electron chi connectivity index (χ4n) is 2.82. The van der Waals surface area contributed by atoms with Crippen molar-refractivity contribution in [3.8, 4) is 5.75 Å². The van der Waals surface area contributed by atoms with E-state index >= 15 is 0 Å². The average Bonchev–Trinajstić information content (AvgIpc) is 3.21. The summed E-state index contributed by atoms with van der Waals surface area (Å²) in [5, 5.41) is 4.87. The number of rotatable bonds is 7. The molecule has 0 spiro atoms. The van der Waals surface area contributed by atoms with Crippen LogP contribution in [0.3, 0.4) is 0 Å². The largest absolute Gasteiger partial charge is 0.464 e. The summed E-state index contributed by atoms with van der Waals surface area (Å²) in [4.78, 5) is 4.01. The molecule has 31 heavy (non-hydrogen) atoms. The van der Waals surface area contributed by atoms with Crippen LogP contribution in [0.2, 0.25) is 10.0 Å². The summed E-state index contributed by atoms with van der Waals surface area (Å²) in [7, 11) is -4.11. The second kappa shape index (κ2) is 9.16. The zero-order chi connectivity index (χ0) is 22.8. The maximum atomic E-state index is 13.1. The second-order valence-corrected chi connectivity index (χ2v) is 10.5. The van der Waals surface area contributed by atoms with Gasteiger partial charge >= 0.3 is 0 Å². The highest BCUT2D eigenvalue weighted by Crippen LogP contribution is 2.37. The van der Waals surface area contributed by atoms with Crippen LogP contribution in [0.15, 0.2) is 60.0 Å². The van der Waals surface area contributed by atoms with E-state index in [-0.39, 0.29) is 10.6 Å². The van der Waals surface area contributed by atoms with E-state index in [1.54, 1.807) is 30.3 Å². The number of aryl methyl sites for hydroxylation is 1. The summed E-state index contributed by atoms with van der Waals surface area (Å²) < 4.78 is 39.4. The SMILES string of the molecule is Cc1ccc(S(=O)(=O)OC(C(Oc2cc(Cl)ccc2Cl)n2cncn2)C(C)(C)C)cc1. The molecule has 3 rings (SSSR count). The molecule has 0 aliphatic heterocycles. The van der Waals surface area contributed by atoms with Gasteiger partial charge in [0.1, 0.15) is 24.5 Å². The normalized spacial score (nSPS) is 14.3. The van der Waals surface area contributed by atoms with Crippen LogP contribution in [0.5, 0.6) is 5.75 Å². The van der Waals surface area contributed by atoms with Crippen LogP contribution < -0.4 is 4.74 Å². The van der Waals surface area contributed by atoms with Gasteiger partial charge < -0.3 is 4.74 Å². The molecular formula is C21H23Cl2N3O4S. The Bertz CT molecular complexity index is 1130. The lowest BCUT2D eigenvalue weighted by molar-refractivity contribution is -0.0541. The molecule has 0 aliphatic rings. The first-order chi connectivity index (χ1) is 14.5. The topological polar surface area (TPSA) is 83.3 Å². The molecule has 3 aromatic rings. The standard InChI is InChI=1S/C21H23Cl2N3O4S/c1-14-5-8-16(9-6-14)31(27,28)30-19(21(2,3)4)20(26-13-24-12-25-26)29-18-11-15(22)7-10-17(18)23/h5-13,19-20H,1-4H3. The molecule has 0 saturated carbocycles. The first-order valence-corrected chi connectivity index (χ1v) is 11.6. The monoisotopic (exact) mass is 483 g/mol. The quantitative estimate of drug-likeness (QED) is 0.424. The number of halogens is 2. The van der Waals surface area contributed by atoms with Gasteiger partial charge in [0.05, 0.1) is 9.92 Å². The van der Waals surface area contributed by atoms with Crippen molar-refractivity contribution in [3.63, 3.8) is 0 Å². The van der Waals surface area contributed by atoms with Crippen molar-refractivity contribution in [1.29, 1.82) is 0 Å². The summed E-state index contributed by atoms with van der Waals surface area (Å²) >= 11 is 12.4. The number of aromatic nitrogens is 3. The summed E-state index contributed by atoms with van der Waals surface area (Å²) in [6, 6.07) is 11.2. The van der Waals surface area contributed by atoms with Crippen LogP contribution in [-0.2, 0) is 14.3 Å². The molecule has 1 heterocycles. The lowest BCUT2D eigenvalue weighted by Gasteiger charge is -2.35. The van der Waals surface area contributed by atoms with Gasteiger partial charge in [-0.25, -0.2) is 9.67 Å². The van der Waals surface area contributed by atoms with Crippen LogP contribution >= 0.6 is 23.2 Å². The zero-order valence-electron chi connectivity index (χ0n) is 17.5. The van der Waals surface area contributed by atoms with Crippen molar-refractivity contribution in [3.05, 3.63) is 70.7 Å². The van der Waals surface area contributed by atoms with Gasteiger partial charge in [-0.3, -0.25) is 4.18 Å². The minimum Gasteiger partial charge on any atom is -0.464 e. The highest BCUT2D eigenvalue weighted by atomic mass is 35.5. The van der Waals surface area contributed by atoms with Crippen molar-refractivity contribution < 1.29 is 17.3 Å². The van der Waals surface area contributed by atoms with Gasteiger partial charge in [-0.1, -0.05) is 61.7 Å². The Hall–Kier alpha value is -2.13. The fraction of sp³-hybridized carbons (Fsp3) is 0.333. The van der Waals surface area contributed by atoms with Gasteiger partial charge in [0.25, 0.3) is 10.1 Å². The number of nitrogens with zero attached hydrogens (tertiary/aromatic N) is 3. The Balaban J connectivity index is 2.04. The molecule has 0 fully saturated rings. The molecule has 0 radical (unpaired) electrons. The molecule has 0 saturated heterocycles. The van der Waals surface area contributed by atoms with E-state index in [0.717, 1.165) is 5.56 Å². The van der Waals surface area contributed by atoms with Gasteiger partial charge in [-0.05, 0) is 36.6 Å². The molecule has 0 amide bonds. The molecule has 0 bridgehead atoms. The molecular weight excluding hydrogens is 461 g/mol. The maximum Gasteiger partial charge on any atom is 0.297 e. The highest BCUT2D eigenvalue weighted by molar-refractivity contribution is 7.86. The van der Waals surface area contributed by atoms with E-state index in [1.165, 1.54) is 29.5 Å². The van der Waals surface area contributed by atoms with E-state index < -0.39 is 27.9 Å². The molecule has 1 aromatic heterocycles. The predicted octanol–water partition coefficient (Wildman–Crippen LogP) is 5.29. The Morgan fingerprint density at radius 1 is 1.06 bits per heavy atom. The summed E-state index contributed by atoms with van der Waals surface area (Å²) in [5.74, 6) is 0.264. The van der Waals surface area contributed by atoms with Crippen LogP contribution in [0.25, 0.3) is 0 Å². The first-order valence-electron chi connectivity index (χ1n) is 9.43. The van der Waals surface area contributed by atoms with Crippen molar-refractivity contribution in [1.82, 2.24) is 14.8 Å². The van der Waals surface area contributed by atoms with Crippen LogP contribution in [0.4, 0.5) is 0 Å². The molecule has 2 aromatic carbocycles. The molecule has 0 aliphatic carbocycles. The van der Waals surface area contributed by atoms with E-state index in [2.05, 4.69) is 10.1 Å². The van der Waals surface area contributed by atoms with E-state index in [9.17, 15) is 8.42 Å². The molecule has 2 unspecified atom stereocenters. The van der Waals surface area contributed by atoms with Gasteiger partial charge in [-0.15, -0.1) is 0 Å². The van der Waals surface area contributed by atoms with E-state index in [4.69, 9.17) is 32.1 Å². The third kappa shape index (κ3) is 5.77. The third-order valence-electron chi connectivity index (χ3n) is 4.49. The number of hydrogen-bond acceptors (Lipinski definition) is 6. The predicted molar refractivity (Wildman–Crippen MR) is 119 cm³/mol. The van der Waals surface area contributed by atoms with Crippen LogP contribution in [-0.4, -0.2) is 29.3 Å². The smallest absolute Gasteiger partial charge is 0.297 e.